The minimum Gasteiger partial charge on any atom is -0.393 e. The van der Waals surface area contributed by atoms with E-state index in [1.54, 1.807) is 6.92 Å². The lowest BCUT2D eigenvalue weighted by Gasteiger charge is -2.10. The summed E-state index contributed by atoms with van der Waals surface area (Å²) in [4.78, 5) is 0. The van der Waals surface area contributed by atoms with Crippen molar-refractivity contribution in [1.29, 1.82) is 0 Å². The minimum absolute atomic E-state index is 0.356. The predicted octanol–water partition coefficient (Wildman–Crippen LogP) is 1.26. The molecule has 1 aromatic carbocycles. The fourth-order valence-electron chi connectivity index (χ4n) is 1.70. The van der Waals surface area contributed by atoms with E-state index in [2.05, 4.69) is 22.3 Å². The molecular weight excluding hydrogens is 260 g/mol. The maximum atomic E-state index is 9.36. The van der Waals surface area contributed by atoms with Gasteiger partial charge in [0, 0.05) is 5.75 Å². The first kappa shape index (κ1) is 14.0. The standard InChI is InChI=1S/C13H18N4OS/c1-10(18)9-19-13-16-15-12(7-14)17(13)8-11-5-3-2-4-6-11/h2-6,10,18H,7-9,14H2,1H3. The lowest BCUT2D eigenvalue weighted by atomic mass is 10.2. The van der Waals surface area contributed by atoms with Crippen LogP contribution in [0.1, 0.15) is 18.3 Å². The van der Waals surface area contributed by atoms with E-state index < -0.39 is 0 Å². The molecule has 0 saturated heterocycles. The maximum absolute atomic E-state index is 9.36. The van der Waals surface area contributed by atoms with Crippen molar-refractivity contribution in [2.24, 2.45) is 5.73 Å². The topological polar surface area (TPSA) is 77.0 Å². The van der Waals surface area contributed by atoms with Gasteiger partial charge < -0.3 is 15.4 Å². The molecule has 2 aromatic rings. The second-order valence-corrected chi connectivity index (χ2v) is 5.32. The number of nitrogens with two attached hydrogens (primary N) is 1. The molecular formula is C13H18N4OS. The summed E-state index contributed by atoms with van der Waals surface area (Å²) in [6.07, 6.45) is -0.367. The van der Waals surface area contributed by atoms with Crippen LogP contribution in [0.3, 0.4) is 0 Å². The lowest BCUT2D eigenvalue weighted by molar-refractivity contribution is 0.220. The van der Waals surface area contributed by atoms with Crippen molar-refractivity contribution in [3.05, 3.63) is 41.7 Å². The smallest absolute Gasteiger partial charge is 0.191 e. The van der Waals surface area contributed by atoms with Crippen LogP contribution in [-0.2, 0) is 13.1 Å². The molecule has 0 saturated carbocycles. The van der Waals surface area contributed by atoms with Crippen molar-refractivity contribution in [2.45, 2.75) is 31.3 Å². The van der Waals surface area contributed by atoms with Crippen molar-refractivity contribution in [3.8, 4) is 0 Å². The van der Waals surface area contributed by atoms with E-state index in [4.69, 9.17) is 5.73 Å². The fraction of sp³-hybridized carbons (Fsp3) is 0.385. The van der Waals surface area contributed by atoms with Crippen LogP contribution in [0.5, 0.6) is 0 Å². The SMILES string of the molecule is CC(O)CSc1nnc(CN)n1Cc1ccccc1. The van der Waals surface area contributed by atoms with Gasteiger partial charge in [-0.3, -0.25) is 0 Å². The van der Waals surface area contributed by atoms with Gasteiger partial charge in [0.05, 0.1) is 19.2 Å². The average Bonchev–Trinajstić information content (AvgIpc) is 2.80. The zero-order valence-electron chi connectivity index (χ0n) is 10.9. The van der Waals surface area contributed by atoms with Gasteiger partial charge in [-0.15, -0.1) is 10.2 Å². The number of nitrogens with zero attached hydrogens (tertiary/aromatic N) is 3. The van der Waals surface area contributed by atoms with E-state index in [-0.39, 0.29) is 6.10 Å². The average molecular weight is 278 g/mol. The van der Waals surface area contributed by atoms with Gasteiger partial charge in [-0.1, -0.05) is 42.1 Å². The van der Waals surface area contributed by atoms with Gasteiger partial charge in [-0.2, -0.15) is 0 Å². The molecule has 102 valence electrons. The lowest BCUT2D eigenvalue weighted by Crippen LogP contribution is -2.11. The first-order valence-corrected chi connectivity index (χ1v) is 7.16. The molecule has 0 aliphatic carbocycles. The van der Waals surface area contributed by atoms with Crippen LogP contribution in [0.2, 0.25) is 0 Å². The summed E-state index contributed by atoms with van der Waals surface area (Å²) in [5.74, 6) is 1.36. The van der Waals surface area contributed by atoms with Crippen LogP contribution in [0.15, 0.2) is 35.5 Å². The second kappa shape index (κ2) is 6.70. The largest absolute Gasteiger partial charge is 0.393 e. The summed E-state index contributed by atoms with van der Waals surface area (Å²) in [6.45, 7) is 2.81. The molecule has 3 N–H and O–H groups in total. The van der Waals surface area contributed by atoms with Gasteiger partial charge in [0.1, 0.15) is 5.82 Å². The summed E-state index contributed by atoms with van der Waals surface area (Å²) in [6, 6.07) is 10.1. The minimum atomic E-state index is -0.367. The summed E-state index contributed by atoms with van der Waals surface area (Å²) in [7, 11) is 0. The van der Waals surface area contributed by atoms with Gasteiger partial charge in [0.25, 0.3) is 0 Å². The fourth-order valence-corrected chi connectivity index (χ4v) is 2.51. The molecule has 0 amide bonds. The van der Waals surface area contributed by atoms with Crippen LogP contribution >= 0.6 is 11.8 Å². The Bertz CT molecular complexity index is 513. The Morgan fingerprint density at radius 2 is 2.05 bits per heavy atom. The summed E-state index contributed by atoms with van der Waals surface area (Å²) >= 11 is 1.49. The third kappa shape index (κ3) is 3.79. The molecule has 0 spiro atoms. The number of rotatable bonds is 6. The number of aromatic nitrogens is 3. The number of thioether (sulfide) groups is 1. The number of aliphatic hydroxyl groups excluding tert-OH is 1. The molecule has 0 aliphatic rings. The van der Waals surface area contributed by atoms with Gasteiger partial charge in [-0.05, 0) is 12.5 Å². The molecule has 0 bridgehead atoms. The Balaban J connectivity index is 2.19. The molecule has 0 fully saturated rings. The quantitative estimate of drug-likeness (QED) is 0.778. The van der Waals surface area contributed by atoms with Crippen molar-refractivity contribution in [3.63, 3.8) is 0 Å². The third-order valence-corrected chi connectivity index (χ3v) is 3.82. The number of benzene rings is 1. The molecule has 5 nitrogen and oxygen atoms in total. The number of aliphatic hydroxyl groups is 1. The van der Waals surface area contributed by atoms with E-state index in [1.807, 2.05) is 22.8 Å². The summed E-state index contributed by atoms with van der Waals surface area (Å²) in [5.41, 5.74) is 6.87. The molecule has 0 radical (unpaired) electrons. The Kier molecular flexibility index (Phi) is 4.95. The van der Waals surface area contributed by atoms with E-state index in [1.165, 1.54) is 17.3 Å². The molecule has 1 aromatic heterocycles. The van der Waals surface area contributed by atoms with Gasteiger partial charge >= 0.3 is 0 Å². The van der Waals surface area contributed by atoms with E-state index in [0.29, 0.717) is 18.8 Å². The maximum Gasteiger partial charge on any atom is 0.191 e. The zero-order valence-corrected chi connectivity index (χ0v) is 11.7. The molecule has 0 aliphatic heterocycles. The highest BCUT2D eigenvalue weighted by atomic mass is 32.2. The summed E-state index contributed by atoms with van der Waals surface area (Å²) < 4.78 is 2.00. The first-order valence-electron chi connectivity index (χ1n) is 6.17. The highest BCUT2D eigenvalue weighted by molar-refractivity contribution is 7.99. The van der Waals surface area contributed by atoms with Crippen LogP contribution in [0.25, 0.3) is 0 Å². The Morgan fingerprint density at radius 1 is 1.32 bits per heavy atom. The molecule has 1 atom stereocenters. The number of hydrogen-bond acceptors (Lipinski definition) is 5. The predicted molar refractivity (Wildman–Crippen MR) is 75.9 cm³/mol. The normalized spacial score (nSPS) is 12.6. The van der Waals surface area contributed by atoms with E-state index in [9.17, 15) is 5.11 Å². The van der Waals surface area contributed by atoms with Crippen LogP contribution in [0, 0.1) is 0 Å². The second-order valence-electron chi connectivity index (χ2n) is 4.33. The Hall–Kier alpha value is -1.37. The number of hydrogen-bond donors (Lipinski definition) is 2. The highest BCUT2D eigenvalue weighted by Gasteiger charge is 2.12. The van der Waals surface area contributed by atoms with Crippen LogP contribution < -0.4 is 5.73 Å². The Morgan fingerprint density at radius 3 is 2.68 bits per heavy atom. The molecule has 1 unspecified atom stereocenters. The van der Waals surface area contributed by atoms with E-state index in [0.717, 1.165) is 11.0 Å². The van der Waals surface area contributed by atoms with Crippen LogP contribution in [0.4, 0.5) is 0 Å². The first-order chi connectivity index (χ1) is 9.20. The molecule has 19 heavy (non-hydrogen) atoms. The van der Waals surface area contributed by atoms with Gasteiger partial charge in [0.15, 0.2) is 5.16 Å². The van der Waals surface area contributed by atoms with E-state index >= 15 is 0 Å². The van der Waals surface area contributed by atoms with Crippen molar-refractivity contribution in [1.82, 2.24) is 14.8 Å². The van der Waals surface area contributed by atoms with Crippen molar-refractivity contribution >= 4 is 11.8 Å². The molecule has 1 heterocycles. The highest BCUT2D eigenvalue weighted by Crippen LogP contribution is 2.19. The van der Waals surface area contributed by atoms with Crippen molar-refractivity contribution < 1.29 is 5.11 Å². The Labute approximate surface area is 116 Å². The van der Waals surface area contributed by atoms with Crippen molar-refractivity contribution in [2.75, 3.05) is 5.75 Å². The van der Waals surface area contributed by atoms with Crippen LogP contribution in [-0.4, -0.2) is 31.7 Å². The molecule has 2 rings (SSSR count). The van der Waals surface area contributed by atoms with Gasteiger partial charge in [0.2, 0.25) is 0 Å². The zero-order chi connectivity index (χ0) is 13.7. The summed E-state index contributed by atoms with van der Waals surface area (Å²) in [5, 5.41) is 18.4. The van der Waals surface area contributed by atoms with Gasteiger partial charge in [-0.25, -0.2) is 0 Å². The molecule has 6 heteroatoms. The monoisotopic (exact) mass is 278 g/mol. The third-order valence-electron chi connectivity index (χ3n) is 2.61.